The van der Waals surface area contributed by atoms with Crippen LogP contribution in [0.3, 0.4) is 0 Å². The maximum absolute atomic E-state index is 12.2. The van der Waals surface area contributed by atoms with Gasteiger partial charge in [0.25, 0.3) is 5.91 Å². The summed E-state index contributed by atoms with van der Waals surface area (Å²) in [5, 5.41) is 8.18. The Morgan fingerprint density at radius 2 is 1.96 bits per heavy atom. The molecule has 1 heterocycles. The van der Waals surface area contributed by atoms with Gasteiger partial charge in [-0.05, 0) is 36.8 Å². The van der Waals surface area contributed by atoms with Gasteiger partial charge >= 0.3 is 0 Å². The summed E-state index contributed by atoms with van der Waals surface area (Å²) in [7, 11) is 0. The molecule has 1 N–H and O–H groups in total. The zero-order valence-corrected chi connectivity index (χ0v) is 14.5. The van der Waals surface area contributed by atoms with Gasteiger partial charge in [0.2, 0.25) is 0 Å². The van der Waals surface area contributed by atoms with Crippen molar-refractivity contribution in [2.75, 3.05) is 5.32 Å². The summed E-state index contributed by atoms with van der Waals surface area (Å²) in [6, 6.07) is 14.6. The summed E-state index contributed by atoms with van der Waals surface area (Å²) in [5.74, 6) is 0.319. The lowest BCUT2D eigenvalue weighted by atomic mass is 10.1. The Bertz CT molecular complexity index is 889. The van der Waals surface area contributed by atoms with Crippen LogP contribution in [0.2, 0.25) is 10.0 Å². The first-order valence-electron chi connectivity index (χ1n) is 7.37. The molecule has 0 saturated heterocycles. The maximum Gasteiger partial charge on any atom is 0.256 e. The number of anilines is 1. The van der Waals surface area contributed by atoms with Gasteiger partial charge < -0.3 is 5.32 Å². The van der Waals surface area contributed by atoms with Crippen LogP contribution in [0.1, 0.15) is 21.5 Å². The third-order valence-corrected chi connectivity index (χ3v) is 4.23. The van der Waals surface area contributed by atoms with E-state index < -0.39 is 0 Å². The predicted octanol–water partition coefficient (Wildman–Crippen LogP) is 4.80. The number of aromatic nitrogens is 2. The molecule has 0 saturated carbocycles. The average Bonchev–Trinajstić information content (AvgIpc) is 2.98. The summed E-state index contributed by atoms with van der Waals surface area (Å²) >= 11 is 11.9. The van der Waals surface area contributed by atoms with Crippen molar-refractivity contribution in [1.29, 1.82) is 0 Å². The molecule has 0 fully saturated rings. The monoisotopic (exact) mass is 359 g/mol. The number of carbonyl (C=O) groups is 1. The molecule has 3 rings (SSSR count). The van der Waals surface area contributed by atoms with Crippen LogP contribution in [-0.2, 0) is 6.54 Å². The first-order chi connectivity index (χ1) is 11.5. The summed E-state index contributed by atoms with van der Waals surface area (Å²) in [5.41, 5.74) is 2.62. The SMILES string of the molecule is Cc1cccc(C(=O)Nc2ccn(Cc3ccc(Cl)c(Cl)c3)n2)c1. The van der Waals surface area contributed by atoms with Crippen molar-refractivity contribution in [3.05, 3.63) is 81.5 Å². The Morgan fingerprint density at radius 3 is 2.71 bits per heavy atom. The van der Waals surface area contributed by atoms with E-state index in [1.807, 2.05) is 31.2 Å². The molecule has 122 valence electrons. The lowest BCUT2D eigenvalue weighted by Gasteiger charge is -2.05. The minimum absolute atomic E-state index is 0.182. The Balaban J connectivity index is 1.69. The van der Waals surface area contributed by atoms with Crippen LogP contribution >= 0.6 is 23.2 Å². The fraction of sp³-hybridized carbons (Fsp3) is 0.111. The molecule has 0 radical (unpaired) electrons. The topological polar surface area (TPSA) is 46.9 Å². The molecule has 0 spiro atoms. The van der Waals surface area contributed by atoms with Crippen molar-refractivity contribution in [1.82, 2.24) is 9.78 Å². The fourth-order valence-electron chi connectivity index (χ4n) is 2.32. The second-order valence-electron chi connectivity index (χ2n) is 5.47. The quantitative estimate of drug-likeness (QED) is 0.727. The number of halogens is 2. The first-order valence-corrected chi connectivity index (χ1v) is 8.12. The Labute approximate surface area is 150 Å². The molecular formula is C18H15Cl2N3O. The van der Waals surface area contributed by atoms with E-state index in [1.54, 1.807) is 35.1 Å². The lowest BCUT2D eigenvalue weighted by Crippen LogP contribution is -2.13. The van der Waals surface area contributed by atoms with Gasteiger partial charge in [-0.1, -0.05) is 47.0 Å². The first kappa shape index (κ1) is 16.6. The number of carbonyl (C=O) groups excluding carboxylic acids is 1. The van der Waals surface area contributed by atoms with Crippen LogP contribution in [0.4, 0.5) is 5.82 Å². The van der Waals surface area contributed by atoms with E-state index in [-0.39, 0.29) is 5.91 Å². The second kappa shape index (κ2) is 7.07. The summed E-state index contributed by atoms with van der Waals surface area (Å²) in [6.07, 6.45) is 1.80. The van der Waals surface area contributed by atoms with Gasteiger partial charge in [-0.15, -0.1) is 0 Å². The summed E-state index contributed by atoms with van der Waals surface area (Å²) in [6.45, 7) is 2.49. The zero-order chi connectivity index (χ0) is 17.1. The standard InChI is InChI=1S/C18H15Cl2N3O/c1-12-3-2-4-14(9-12)18(24)21-17-7-8-23(22-17)11-13-5-6-15(19)16(20)10-13/h2-10H,11H2,1H3,(H,21,22,24). The van der Waals surface area contributed by atoms with Crippen LogP contribution < -0.4 is 5.32 Å². The maximum atomic E-state index is 12.2. The zero-order valence-electron chi connectivity index (χ0n) is 13.0. The Kier molecular flexibility index (Phi) is 4.88. The molecule has 2 aromatic carbocycles. The van der Waals surface area contributed by atoms with E-state index >= 15 is 0 Å². The van der Waals surface area contributed by atoms with Crippen molar-refractivity contribution in [3.8, 4) is 0 Å². The fourth-order valence-corrected chi connectivity index (χ4v) is 2.64. The van der Waals surface area contributed by atoms with Gasteiger partial charge in [-0.25, -0.2) is 0 Å². The third-order valence-electron chi connectivity index (χ3n) is 3.49. The molecule has 0 aliphatic carbocycles. The van der Waals surface area contributed by atoms with Crippen molar-refractivity contribution >= 4 is 34.9 Å². The van der Waals surface area contributed by atoms with Crippen LogP contribution in [0.5, 0.6) is 0 Å². The smallest absolute Gasteiger partial charge is 0.256 e. The number of nitrogens with one attached hydrogen (secondary N) is 1. The molecule has 0 bridgehead atoms. The van der Waals surface area contributed by atoms with Gasteiger partial charge in [-0.2, -0.15) is 5.10 Å². The number of rotatable bonds is 4. The lowest BCUT2D eigenvalue weighted by molar-refractivity contribution is 0.102. The third kappa shape index (κ3) is 3.96. The highest BCUT2D eigenvalue weighted by Crippen LogP contribution is 2.23. The van der Waals surface area contributed by atoms with E-state index in [1.165, 1.54) is 0 Å². The molecule has 3 aromatic rings. The van der Waals surface area contributed by atoms with Crippen LogP contribution in [0.25, 0.3) is 0 Å². The van der Waals surface area contributed by atoms with Crippen molar-refractivity contribution < 1.29 is 4.79 Å². The Hall–Kier alpha value is -2.30. The number of amides is 1. The van der Waals surface area contributed by atoms with E-state index in [0.717, 1.165) is 11.1 Å². The minimum Gasteiger partial charge on any atom is -0.305 e. The van der Waals surface area contributed by atoms with Crippen molar-refractivity contribution in [2.24, 2.45) is 0 Å². The van der Waals surface area contributed by atoms with Gasteiger partial charge in [0.1, 0.15) is 0 Å². The van der Waals surface area contributed by atoms with E-state index in [0.29, 0.717) is 28.0 Å². The molecule has 1 aromatic heterocycles. The number of benzene rings is 2. The highest BCUT2D eigenvalue weighted by molar-refractivity contribution is 6.42. The largest absolute Gasteiger partial charge is 0.305 e. The number of nitrogens with zero attached hydrogens (tertiary/aromatic N) is 2. The predicted molar refractivity (Wildman–Crippen MR) is 96.9 cm³/mol. The average molecular weight is 360 g/mol. The molecule has 24 heavy (non-hydrogen) atoms. The molecule has 4 nitrogen and oxygen atoms in total. The van der Waals surface area contributed by atoms with Gasteiger partial charge in [0.05, 0.1) is 16.6 Å². The molecule has 0 aliphatic heterocycles. The van der Waals surface area contributed by atoms with Crippen LogP contribution in [0.15, 0.2) is 54.7 Å². The molecular weight excluding hydrogens is 345 g/mol. The second-order valence-corrected chi connectivity index (χ2v) is 6.29. The molecule has 0 unspecified atom stereocenters. The van der Waals surface area contributed by atoms with E-state index in [2.05, 4.69) is 10.4 Å². The van der Waals surface area contributed by atoms with Crippen LogP contribution in [0, 0.1) is 6.92 Å². The minimum atomic E-state index is -0.182. The van der Waals surface area contributed by atoms with Gasteiger partial charge in [-0.3, -0.25) is 9.48 Å². The summed E-state index contributed by atoms with van der Waals surface area (Å²) in [4.78, 5) is 12.2. The van der Waals surface area contributed by atoms with Gasteiger partial charge in [0, 0.05) is 17.8 Å². The van der Waals surface area contributed by atoms with E-state index in [4.69, 9.17) is 23.2 Å². The van der Waals surface area contributed by atoms with E-state index in [9.17, 15) is 4.79 Å². The highest BCUT2D eigenvalue weighted by atomic mass is 35.5. The van der Waals surface area contributed by atoms with Gasteiger partial charge in [0.15, 0.2) is 5.82 Å². The molecule has 6 heteroatoms. The molecule has 1 amide bonds. The molecule has 0 aliphatic rings. The number of hydrogen-bond acceptors (Lipinski definition) is 2. The molecule has 0 atom stereocenters. The van der Waals surface area contributed by atoms with Crippen LogP contribution in [-0.4, -0.2) is 15.7 Å². The highest BCUT2D eigenvalue weighted by Gasteiger charge is 2.08. The van der Waals surface area contributed by atoms with Crippen molar-refractivity contribution in [2.45, 2.75) is 13.5 Å². The van der Waals surface area contributed by atoms with Crippen molar-refractivity contribution in [3.63, 3.8) is 0 Å². The Morgan fingerprint density at radius 1 is 1.12 bits per heavy atom. The summed E-state index contributed by atoms with van der Waals surface area (Å²) < 4.78 is 1.73. The number of aryl methyl sites for hydroxylation is 1. The normalized spacial score (nSPS) is 10.6. The number of hydrogen-bond donors (Lipinski definition) is 1.